The van der Waals surface area contributed by atoms with E-state index in [-0.39, 0.29) is 24.2 Å². The van der Waals surface area contributed by atoms with E-state index in [2.05, 4.69) is 45.2 Å². The zero-order chi connectivity index (χ0) is 33.4. The van der Waals surface area contributed by atoms with Crippen LogP contribution < -0.4 is 20.4 Å². The fourth-order valence-corrected chi connectivity index (χ4v) is 6.04. The molecule has 5 rings (SSSR count). The molecule has 47 heavy (non-hydrogen) atoms. The molecule has 3 N–H and O–H groups in total. The van der Waals surface area contributed by atoms with Gasteiger partial charge in [-0.3, -0.25) is 4.79 Å². The Balaban J connectivity index is 1.41. The average Bonchev–Trinajstić information content (AvgIpc) is 3.88. The lowest BCUT2D eigenvalue weighted by Crippen LogP contribution is -2.50. The van der Waals surface area contributed by atoms with E-state index in [1.807, 2.05) is 24.3 Å². The summed E-state index contributed by atoms with van der Waals surface area (Å²) in [6.07, 6.45) is 8.00. The van der Waals surface area contributed by atoms with E-state index < -0.39 is 29.7 Å². The highest BCUT2D eigenvalue weighted by atomic mass is 19.1. The summed E-state index contributed by atoms with van der Waals surface area (Å²) in [7, 11) is 0. The van der Waals surface area contributed by atoms with Crippen LogP contribution >= 0.6 is 0 Å². The Morgan fingerprint density at radius 2 is 1.79 bits per heavy atom. The molecule has 2 aliphatic rings. The number of nitrogens with zero attached hydrogens (tertiary/aromatic N) is 4. The third kappa shape index (κ3) is 8.83. The molecule has 0 spiro atoms. The molecular weight excluding hydrogens is 602 g/mol. The SMILES string of the molecule is C#Cc1cccc(C2(NC[C@H](O)[C@H](Cc3cc(F)cc(F)c3)NC(=O)c3cc(N4CCOCC4)nc(N(CCC)CCC)n3)CC2)c1. The first-order valence-electron chi connectivity index (χ1n) is 16.5. The highest BCUT2D eigenvalue weighted by molar-refractivity contribution is 5.93. The molecule has 0 bridgehead atoms. The van der Waals surface area contributed by atoms with E-state index in [4.69, 9.17) is 16.1 Å². The fraction of sp³-hybridized carbons (Fsp3) is 0.472. The van der Waals surface area contributed by atoms with Gasteiger partial charge in [-0.15, -0.1) is 6.42 Å². The monoisotopic (exact) mass is 646 g/mol. The minimum Gasteiger partial charge on any atom is -0.390 e. The molecule has 0 unspecified atom stereocenters. The Bertz CT molecular complexity index is 1540. The van der Waals surface area contributed by atoms with Gasteiger partial charge in [-0.25, -0.2) is 13.8 Å². The van der Waals surface area contributed by atoms with Crippen LogP contribution in [-0.4, -0.2) is 79.1 Å². The van der Waals surface area contributed by atoms with Gasteiger partial charge in [0.1, 0.15) is 23.1 Å². The molecular formula is C36H44F2N6O3. The third-order valence-corrected chi connectivity index (χ3v) is 8.68. The Kier molecular flexibility index (Phi) is 11.4. The van der Waals surface area contributed by atoms with Crippen LogP contribution in [0.3, 0.4) is 0 Å². The van der Waals surface area contributed by atoms with E-state index in [1.54, 1.807) is 6.07 Å². The van der Waals surface area contributed by atoms with Gasteiger partial charge in [0.2, 0.25) is 5.95 Å². The maximum Gasteiger partial charge on any atom is 0.270 e. The van der Waals surface area contributed by atoms with Gasteiger partial charge in [-0.2, -0.15) is 4.98 Å². The Labute approximate surface area is 275 Å². The number of aliphatic hydroxyl groups excluding tert-OH is 1. The van der Waals surface area contributed by atoms with E-state index >= 15 is 0 Å². The van der Waals surface area contributed by atoms with Crippen LogP contribution in [0.15, 0.2) is 48.5 Å². The number of aliphatic hydroxyl groups is 1. The van der Waals surface area contributed by atoms with Crippen LogP contribution in [0, 0.1) is 24.0 Å². The van der Waals surface area contributed by atoms with E-state index in [0.29, 0.717) is 43.6 Å². The summed E-state index contributed by atoms with van der Waals surface area (Å²) in [6.45, 7) is 8.09. The normalized spacial score (nSPS) is 16.6. The number of carbonyl (C=O) groups is 1. The van der Waals surface area contributed by atoms with Crippen molar-refractivity contribution in [3.63, 3.8) is 0 Å². The molecule has 1 aromatic heterocycles. The minimum atomic E-state index is -1.10. The van der Waals surface area contributed by atoms with Gasteiger partial charge in [-0.05, 0) is 67.5 Å². The van der Waals surface area contributed by atoms with Crippen LogP contribution in [0.1, 0.15) is 66.7 Å². The summed E-state index contributed by atoms with van der Waals surface area (Å²) in [5, 5.41) is 17.9. The van der Waals surface area contributed by atoms with Crippen molar-refractivity contribution in [1.29, 1.82) is 0 Å². The first-order chi connectivity index (χ1) is 22.7. The molecule has 2 heterocycles. The maximum absolute atomic E-state index is 14.2. The number of halogens is 2. The largest absolute Gasteiger partial charge is 0.390 e. The van der Waals surface area contributed by atoms with Crippen LogP contribution in [0.4, 0.5) is 20.5 Å². The predicted octanol–water partition coefficient (Wildman–Crippen LogP) is 4.18. The number of benzene rings is 2. The lowest BCUT2D eigenvalue weighted by molar-refractivity contribution is 0.0817. The van der Waals surface area contributed by atoms with Crippen molar-refractivity contribution < 1.29 is 23.4 Å². The van der Waals surface area contributed by atoms with Crippen molar-refractivity contribution in [2.24, 2.45) is 0 Å². The maximum atomic E-state index is 14.2. The zero-order valence-electron chi connectivity index (χ0n) is 27.1. The van der Waals surface area contributed by atoms with Crippen molar-refractivity contribution >= 4 is 17.7 Å². The number of nitrogens with one attached hydrogen (secondary N) is 2. The van der Waals surface area contributed by atoms with Crippen molar-refractivity contribution in [3.05, 3.63) is 82.5 Å². The number of amides is 1. The van der Waals surface area contributed by atoms with Gasteiger partial charge in [-0.1, -0.05) is 31.9 Å². The topological polar surface area (TPSA) is 103 Å². The Morgan fingerprint density at radius 1 is 1.09 bits per heavy atom. The second-order valence-corrected chi connectivity index (χ2v) is 12.3. The van der Waals surface area contributed by atoms with Crippen LogP contribution in [0.2, 0.25) is 0 Å². The number of ether oxygens (including phenoxy) is 1. The summed E-state index contributed by atoms with van der Waals surface area (Å²) in [5.41, 5.74) is 1.91. The molecule has 2 aromatic carbocycles. The van der Waals surface area contributed by atoms with Crippen molar-refractivity contribution in [2.75, 3.05) is 55.7 Å². The van der Waals surface area contributed by atoms with Crippen LogP contribution in [0.25, 0.3) is 0 Å². The van der Waals surface area contributed by atoms with Gasteiger partial charge < -0.3 is 30.3 Å². The van der Waals surface area contributed by atoms with Gasteiger partial charge in [0.15, 0.2) is 0 Å². The van der Waals surface area contributed by atoms with Gasteiger partial charge in [0.25, 0.3) is 5.91 Å². The van der Waals surface area contributed by atoms with Crippen LogP contribution in [0.5, 0.6) is 0 Å². The summed E-state index contributed by atoms with van der Waals surface area (Å²) in [5.74, 6) is 1.77. The number of carbonyl (C=O) groups excluding carboxylic acids is 1. The quantitative estimate of drug-likeness (QED) is 0.212. The average molecular weight is 647 g/mol. The summed E-state index contributed by atoms with van der Waals surface area (Å²) >= 11 is 0. The van der Waals surface area contributed by atoms with Gasteiger partial charge in [0.05, 0.1) is 25.4 Å². The summed E-state index contributed by atoms with van der Waals surface area (Å²) < 4.78 is 33.9. The molecule has 1 saturated carbocycles. The molecule has 9 nitrogen and oxygen atoms in total. The molecule has 1 aliphatic heterocycles. The smallest absolute Gasteiger partial charge is 0.270 e. The Morgan fingerprint density at radius 3 is 2.43 bits per heavy atom. The molecule has 1 saturated heterocycles. The number of terminal acetylenes is 1. The second kappa shape index (κ2) is 15.7. The summed E-state index contributed by atoms with van der Waals surface area (Å²) in [4.78, 5) is 27.6. The first-order valence-corrected chi connectivity index (χ1v) is 16.5. The number of morpholine rings is 1. The lowest BCUT2D eigenvalue weighted by Gasteiger charge is -2.30. The molecule has 1 aliphatic carbocycles. The van der Waals surface area contributed by atoms with Gasteiger partial charge >= 0.3 is 0 Å². The highest BCUT2D eigenvalue weighted by Gasteiger charge is 2.44. The first kappa shape index (κ1) is 34.2. The zero-order valence-corrected chi connectivity index (χ0v) is 27.1. The van der Waals surface area contributed by atoms with E-state index in [1.165, 1.54) is 12.1 Å². The van der Waals surface area contributed by atoms with Gasteiger partial charge in [0, 0.05) is 56.0 Å². The third-order valence-electron chi connectivity index (χ3n) is 8.68. The Hall–Kier alpha value is -4.11. The fourth-order valence-electron chi connectivity index (χ4n) is 6.04. The highest BCUT2D eigenvalue weighted by Crippen LogP contribution is 2.45. The molecule has 2 fully saturated rings. The molecule has 2 atom stereocenters. The predicted molar refractivity (Wildman–Crippen MR) is 178 cm³/mol. The molecule has 11 heteroatoms. The number of aromatic nitrogens is 2. The molecule has 0 radical (unpaired) electrons. The van der Waals surface area contributed by atoms with Crippen molar-refractivity contribution in [3.8, 4) is 12.3 Å². The molecule has 1 amide bonds. The van der Waals surface area contributed by atoms with E-state index in [9.17, 15) is 18.7 Å². The van der Waals surface area contributed by atoms with E-state index in [0.717, 1.165) is 56.0 Å². The molecule has 250 valence electrons. The summed E-state index contributed by atoms with van der Waals surface area (Å²) in [6, 6.07) is 11.7. The second-order valence-electron chi connectivity index (χ2n) is 12.3. The number of rotatable bonds is 15. The number of anilines is 2. The number of hydrogen-bond donors (Lipinski definition) is 3. The van der Waals surface area contributed by atoms with Crippen molar-refractivity contribution in [1.82, 2.24) is 20.6 Å². The minimum absolute atomic E-state index is 0.00506. The van der Waals surface area contributed by atoms with Crippen molar-refractivity contribution in [2.45, 2.75) is 63.6 Å². The standard InChI is InChI=1S/C36H44F2N6O3/c1-4-12-44(13-5-2)35-41-31(23-33(42-35)43-14-16-47-17-15-43)34(46)40-30(21-26-19-28(37)22-29(38)20-26)32(45)24-39-36(10-11-36)27-9-7-8-25(6-3)18-27/h3,7-9,18-20,22-23,30,32,39,45H,4-5,10-17,21,24H2,1-2H3,(H,40,46)/t30-,32-/m0/s1. The lowest BCUT2D eigenvalue weighted by atomic mass is 9.98. The van der Waals surface area contributed by atoms with Crippen LogP contribution in [-0.2, 0) is 16.7 Å². The number of hydrogen-bond acceptors (Lipinski definition) is 8. The molecule has 3 aromatic rings.